The van der Waals surface area contributed by atoms with E-state index in [1.54, 1.807) is 14.2 Å². The Morgan fingerprint density at radius 3 is 2.81 bits per heavy atom. The number of anilines is 1. The molecule has 114 valence electrons. The summed E-state index contributed by atoms with van der Waals surface area (Å²) in [7, 11) is -0.496. The lowest BCUT2D eigenvalue weighted by atomic mass is 10.1. The molecular weight excluding hydrogens is 292 g/mol. The highest BCUT2D eigenvalue weighted by Crippen LogP contribution is 2.16. The average Bonchev–Trinajstić information content (AvgIpc) is 2.79. The molecule has 0 aliphatic carbocycles. The van der Waals surface area contributed by atoms with Gasteiger partial charge in [0.1, 0.15) is 5.75 Å². The summed E-state index contributed by atoms with van der Waals surface area (Å²) in [5.41, 5.74) is 6.56. The van der Waals surface area contributed by atoms with Gasteiger partial charge in [0.25, 0.3) is 10.0 Å². The van der Waals surface area contributed by atoms with E-state index in [2.05, 4.69) is 9.71 Å². The van der Waals surface area contributed by atoms with Crippen LogP contribution in [0.2, 0.25) is 0 Å². The number of aryl methyl sites for hydroxylation is 1. The molecule has 3 N–H and O–H groups in total. The number of imidazole rings is 1. The van der Waals surface area contributed by atoms with Gasteiger partial charge in [-0.2, -0.15) is 0 Å². The maximum absolute atomic E-state index is 12.2. The summed E-state index contributed by atoms with van der Waals surface area (Å²) in [6, 6.07) is 7.48. The highest BCUT2D eigenvalue weighted by atomic mass is 32.2. The maximum atomic E-state index is 12.2. The Balaban J connectivity index is 2.02. The second kappa shape index (κ2) is 6.15. The second-order valence-corrected chi connectivity index (χ2v) is 6.23. The number of sulfonamides is 1. The average molecular weight is 310 g/mol. The highest BCUT2D eigenvalue weighted by Gasteiger charge is 2.21. The molecule has 0 radical (unpaired) electrons. The van der Waals surface area contributed by atoms with Gasteiger partial charge in [-0.25, -0.2) is 18.1 Å². The number of methoxy groups -OCH3 is 1. The monoisotopic (exact) mass is 310 g/mol. The van der Waals surface area contributed by atoms with Crippen LogP contribution < -0.4 is 15.2 Å². The summed E-state index contributed by atoms with van der Waals surface area (Å²) >= 11 is 0. The Bertz CT molecular complexity index is 705. The summed E-state index contributed by atoms with van der Waals surface area (Å²) in [6.45, 7) is 0.264. The van der Waals surface area contributed by atoms with Crippen LogP contribution in [-0.4, -0.2) is 31.6 Å². The lowest BCUT2D eigenvalue weighted by Crippen LogP contribution is -2.28. The fourth-order valence-electron chi connectivity index (χ4n) is 1.99. The minimum atomic E-state index is -3.67. The Hall–Kier alpha value is -2.06. The number of ether oxygens (including phenoxy) is 1. The molecule has 1 heterocycles. The Morgan fingerprint density at radius 1 is 1.43 bits per heavy atom. The van der Waals surface area contributed by atoms with Crippen LogP contribution in [0.4, 0.5) is 5.82 Å². The highest BCUT2D eigenvalue weighted by molar-refractivity contribution is 7.89. The van der Waals surface area contributed by atoms with Crippen LogP contribution in [-0.2, 0) is 23.5 Å². The number of hydrogen-bond acceptors (Lipinski definition) is 5. The summed E-state index contributed by atoms with van der Waals surface area (Å²) in [4.78, 5) is 3.78. The first-order valence-corrected chi connectivity index (χ1v) is 7.82. The summed E-state index contributed by atoms with van der Waals surface area (Å²) in [5.74, 6) is 0.734. The van der Waals surface area contributed by atoms with Crippen molar-refractivity contribution in [1.29, 1.82) is 0 Å². The molecule has 8 heteroatoms. The minimum absolute atomic E-state index is 0.00798. The first kappa shape index (κ1) is 15.3. The maximum Gasteiger partial charge on any atom is 0.260 e. The van der Waals surface area contributed by atoms with Crippen molar-refractivity contribution < 1.29 is 13.2 Å². The second-order valence-electron chi connectivity index (χ2n) is 4.55. The Labute approximate surface area is 123 Å². The van der Waals surface area contributed by atoms with Crippen molar-refractivity contribution in [1.82, 2.24) is 14.3 Å². The fourth-order valence-corrected chi connectivity index (χ4v) is 3.25. The third-order valence-corrected chi connectivity index (χ3v) is 4.59. The molecule has 0 aliphatic rings. The molecule has 0 spiro atoms. The number of rotatable bonds is 6. The van der Waals surface area contributed by atoms with E-state index >= 15 is 0 Å². The Morgan fingerprint density at radius 2 is 2.19 bits per heavy atom. The zero-order valence-electron chi connectivity index (χ0n) is 11.9. The van der Waals surface area contributed by atoms with Crippen LogP contribution in [0.15, 0.2) is 35.6 Å². The SMILES string of the molecule is COc1cccc(CCNS(=O)(=O)c2c(N)ncn2C)c1. The molecular formula is C13H18N4O3S. The van der Waals surface area contributed by atoms with Gasteiger partial charge in [0.05, 0.1) is 13.4 Å². The van der Waals surface area contributed by atoms with Crippen molar-refractivity contribution in [3.05, 3.63) is 36.2 Å². The normalized spacial score (nSPS) is 11.5. The molecule has 0 fully saturated rings. The van der Waals surface area contributed by atoms with Gasteiger partial charge in [-0.05, 0) is 24.1 Å². The van der Waals surface area contributed by atoms with Crippen molar-refractivity contribution in [2.75, 3.05) is 19.4 Å². The predicted octanol–water partition coefficient (Wildman–Crippen LogP) is 0.532. The lowest BCUT2D eigenvalue weighted by Gasteiger charge is -2.08. The number of nitrogen functional groups attached to an aromatic ring is 1. The smallest absolute Gasteiger partial charge is 0.260 e. The van der Waals surface area contributed by atoms with E-state index in [-0.39, 0.29) is 17.4 Å². The standard InChI is InChI=1S/C13H18N4O3S/c1-17-9-15-12(14)13(17)21(18,19)16-7-6-10-4-3-5-11(8-10)20-2/h3-5,8-9,16H,6-7,14H2,1-2H3. The van der Waals surface area contributed by atoms with Crippen LogP contribution >= 0.6 is 0 Å². The van der Waals surface area contributed by atoms with E-state index in [1.165, 1.54) is 10.9 Å². The number of aromatic nitrogens is 2. The molecule has 1 aromatic heterocycles. The van der Waals surface area contributed by atoms with Crippen molar-refractivity contribution in [3.8, 4) is 5.75 Å². The van der Waals surface area contributed by atoms with Crippen molar-refractivity contribution in [3.63, 3.8) is 0 Å². The van der Waals surface area contributed by atoms with E-state index in [1.807, 2.05) is 24.3 Å². The zero-order valence-corrected chi connectivity index (χ0v) is 12.7. The Kier molecular flexibility index (Phi) is 4.49. The molecule has 21 heavy (non-hydrogen) atoms. The third kappa shape index (κ3) is 3.53. The number of nitrogens with zero attached hydrogens (tertiary/aromatic N) is 2. The number of hydrogen-bond donors (Lipinski definition) is 2. The van der Waals surface area contributed by atoms with Crippen molar-refractivity contribution in [2.45, 2.75) is 11.4 Å². The van der Waals surface area contributed by atoms with E-state index in [4.69, 9.17) is 10.5 Å². The largest absolute Gasteiger partial charge is 0.497 e. The molecule has 2 aromatic rings. The van der Waals surface area contributed by atoms with Gasteiger partial charge in [-0.15, -0.1) is 0 Å². The first-order chi connectivity index (χ1) is 9.94. The van der Waals surface area contributed by atoms with Crippen LogP contribution in [0, 0.1) is 0 Å². The fraction of sp³-hybridized carbons (Fsp3) is 0.308. The van der Waals surface area contributed by atoms with Gasteiger partial charge in [0.2, 0.25) is 0 Å². The van der Waals surface area contributed by atoms with Crippen LogP contribution in [0.3, 0.4) is 0 Å². The molecule has 1 aromatic carbocycles. The molecule has 0 bridgehead atoms. The number of nitrogens with two attached hydrogens (primary N) is 1. The molecule has 0 unspecified atom stereocenters. The summed E-state index contributed by atoms with van der Waals surface area (Å²) in [6.07, 6.45) is 1.92. The first-order valence-electron chi connectivity index (χ1n) is 6.33. The van der Waals surface area contributed by atoms with Gasteiger partial charge in [-0.3, -0.25) is 0 Å². The van der Waals surface area contributed by atoms with Gasteiger partial charge in [-0.1, -0.05) is 12.1 Å². The van der Waals surface area contributed by atoms with Crippen molar-refractivity contribution >= 4 is 15.8 Å². The van der Waals surface area contributed by atoms with Gasteiger partial charge in [0.15, 0.2) is 10.8 Å². The van der Waals surface area contributed by atoms with E-state index < -0.39 is 10.0 Å². The van der Waals surface area contributed by atoms with E-state index in [9.17, 15) is 8.42 Å². The summed E-state index contributed by atoms with van der Waals surface area (Å²) < 4.78 is 33.4. The number of benzene rings is 1. The quantitative estimate of drug-likeness (QED) is 0.811. The minimum Gasteiger partial charge on any atom is -0.497 e. The van der Waals surface area contributed by atoms with Crippen LogP contribution in [0.25, 0.3) is 0 Å². The molecule has 2 rings (SSSR count). The zero-order chi connectivity index (χ0) is 15.5. The van der Waals surface area contributed by atoms with Crippen LogP contribution in [0.5, 0.6) is 5.75 Å². The van der Waals surface area contributed by atoms with E-state index in [0.29, 0.717) is 6.42 Å². The lowest BCUT2D eigenvalue weighted by molar-refractivity contribution is 0.414. The van der Waals surface area contributed by atoms with Crippen LogP contribution in [0.1, 0.15) is 5.56 Å². The van der Waals surface area contributed by atoms with Gasteiger partial charge >= 0.3 is 0 Å². The molecule has 0 aliphatic heterocycles. The molecule has 0 saturated heterocycles. The van der Waals surface area contributed by atoms with Crippen molar-refractivity contribution in [2.24, 2.45) is 7.05 Å². The topological polar surface area (TPSA) is 99.2 Å². The van der Waals surface area contributed by atoms with Gasteiger partial charge in [0, 0.05) is 13.6 Å². The van der Waals surface area contributed by atoms with E-state index in [0.717, 1.165) is 11.3 Å². The number of nitrogens with one attached hydrogen (secondary N) is 1. The molecule has 0 saturated carbocycles. The predicted molar refractivity (Wildman–Crippen MR) is 79.5 cm³/mol. The summed E-state index contributed by atoms with van der Waals surface area (Å²) in [5, 5.41) is -0.0202. The van der Waals surface area contributed by atoms with Gasteiger partial charge < -0.3 is 15.0 Å². The molecule has 0 amide bonds. The molecule has 7 nitrogen and oxygen atoms in total. The third-order valence-electron chi connectivity index (χ3n) is 3.00. The molecule has 0 atom stereocenters.